The quantitative estimate of drug-likeness (QED) is 0.752. The zero-order valence-electron chi connectivity index (χ0n) is 11.8. The normalized spacial score (nSPS) is 13.9. The first-order chi connectivity index (χ1) is 10.6. The lowest BCUT2D eigenvalue weighted by Gasteiger charge is -2.07. The molecule has 0 saturated heterocycles. The molecule has 0 radical (unpaired) electrons. The molecule has 1 N–H and O–H groups in total. The van der Waals surface area contributed by atoms with Crippen LogP contribution in [0.15, 0.2) is 47.4 Å². The van der Waals surface area contributed by atoms with Crippen molar-refractivity contribution in [2.24, 2.45) is 0 Å². The molecule has 1 saturated carbocycles. The van der Waals surface area contributed by atoms with E-state index in [9.17, 15) is 4.79 Å². The first kappa shape index (κ1) is 15.7. The van der Waals surface area contributed by atoms with Crippen molar-refractivity contribution >= 4 is 40.9 Å². The second-order valence-electron chi connectivity index (χ2n) is 5.31. The van der Waals surface area contributed by atoms with Crippen LogP contribution >= 0.6 is 35.0 Å². The van der Waals surface area contributed by atoms with Gasteiger partial charge in [-0.3, -0.25) is 4.79 Å². The summed E-state index contributed by atoms with van der Waals surface area (Å²) >= 11 is 13.8. The molecule has 0 spiro atoms. The van der Waals surface area contributed by atoms with E-state index in [1.54, 1.807) is 23.9 Å². The molecule has 3 rings (SSSR count). The number of thioether (sulfide) groups is 1. The highest BCUT2D eigenvalue weighted by Gasteiger charge is 2.23. The summed E-state index contributed by atoms with van der Waals surface area (Å²) in [5.41, 5.74) is 1.80. The summed E-state index contributed by atoms with van der Waals surface area (Å²) in [5.74, 6) is 0.750. The van der Waals surface area contributed by atoms with Gasteiger partial charge in [0, 0.05) is 27.3 Å². The Bertz CT molecular complexity index is 701. The molecule has 1 amide bonds. The highest BCUT2D eigenvalue weighted by Crippen LogP contribution is 2.32. The number of rotatable bonds is 5. The standard InChI is InChI=1S/C17H15Cl2NOS/c18-13-4-7-15(19)16(9-13)22-10-11-2-1-3-12(8-11)17(21)20-14-5-6-14/h1-4,7-9,14H,5-6,10H2,(H,20,21). The lowest BCUT2D eigenvalue weighted by Crippen LogP contribution is -2.25. The maximum atomic E-state index is 12.1. The second-order valence-corrected chi connectivity index (χ2v) is 7.17. The van der Waals surface area contributed by atoms with Crippen LogP contribution in [0.5, 0.6) is 0 Å². The minimum Gasteiger partial charge on any atom is -0.349 e. The number of carbonyl (C=O) groups excluding carboxylic acids is 1. The van der Waals surface area contributed by atoms with E-state index in [2.05, 4.69) is 5.32 Å². The van der Waals surface area contributed by atoms with Gasteiger partial charge in [-0.2, -0.15) is 0 Å². The van der Waals surface area contributed by atoms with Gasteiger partial charge in [-0.05, 0) is 48.7 Å². The summed E-state index contributed by atoms with van der Waals surface area (Å²) in [7, 11) is 0. The molecule has 0 aromatic heterocycles. The van der Waals surface area contributed by atoms with Gasteiger partial charge < -0.3 is 5.32 Å². The molecule has 5 heteroatoms. The van der Waals surface area contributed by atoms with Crippen LogP contribution < -0.4 is 5.32 Å². The third-order valence-corrected chi connectivity index (χ3v) is 5.19. The molecule has 2 aromatic carbocycles. The molecular weight excluding hydrogens is 337 g/mol. The van der Waals surface area contributed by atoms with E-state index in [0.717, 1.165) is 29.1 Å². The van der Waals surface area contributed by atoms with E-state index < -0.39 is 0 Å². The number of carbonyl (C=O) groups is 1. The maximum absolute atomic E-state index is 12.1. The molecule has 0 heterocycles. The summed E-state index contributed by atoms with van der Waals surface area (Å²) in [6.45, 7) is 0. The molecule has 22 heavy (non-hydrogen) atoms. The van der Waals surface area contributed by atoms with E-state index in [4.69, 9.17) is 23.2 Å². The highest BCUT2D eigenvalue weighted by molar-refractivity contribution is 7.98. The Labute approximate surface area is 144 Å². The van der Waals surface area contributed by atoms with Gasteiger partial charge in [0.15, 0.2) is 0 Å². The Morgan fingerprint density at radius 1 is 1.18 bits per heavy atom. The van der Waals surface area contributed by atoms with Crippen LogP contribution in [0.1, 0.15) is 28.8 Å². The minimum absolute atomic E-state index is 0.00939. The molecule has 114 valence electrons. The highest BCUT2D eigenvalue weighted by atomic mass is 35.5. The smallest absolute Gasteiger partial charge is 0.251 e. The average Bonchev–Trinajstić information content (AvgIpc) is 3.32. The van der Waals surface area contributed by atoms with Gasteiger partial charge in [-0.1, -0.05) is 35.3 Å². The molecule has 0 atom stereocenters. The van der Waals surface area contributed by atoms with Crippen molar-refractivity contribution in [2.75, 3.05) is 0 Å². The Balaban J connectivity index is 1.67. The number of hydrogen-bond acceptors (Lipinski definition) is 2. The topological polar surface area (TPSA) is 29.1 Å². The zero-order valence-corrected chi connectivity index (χ0v) is 14.1. The Morgan fingerprint density at radius 2 is 2.00 bits per heavy atom. The molecule has 2 nitrogen and oxygen atoms in total. The summed E-state index contributed by atoms with van der Waals surface area (Å²) in [6, 6.07) is 13.5. The summed E-state index contributed by atoms with van der Waals surface area (Å²) in [6.07, 6.45) is 2.18. The first-order valence-corrected chi connectivity index (χ1v) is 8.83. The van der Waals surface area contributed by atoms with Crippen LogP contribution in [0, 0.1) is 0 Å². The lowest BCUT2D eigenvalue weighted by atomic mass is 10.1. The number of halogens is 2. The number of benzene rings is 2. The zero-order chi connectivity index (χ0) is 15.5. The van der Waals surface area contributed by atoms with Crippen LogP contribution in [0.2, 0.25) is 10.0 Å². The third kappa shape index (κ3) is 4.19. The predicted molar refractivity (Wildman–Crippen MR) is 93.0 cm³/mol. The van der Waals surface area contributed by atoms with Crippen LogP contribution in [0.25, 0.3) is 0 Å². The van der Waals surface area contributed by atoms with Crippen molar-refractivity contribution in [1.82, 2.24) is 5.32 Å². The largest absolute Gasteiger partial charge is 0.349 e. The van der Waals surface area contributed by atoms with Crippen molar-refractivity contribution in [2.45, 2.75) is 29.5 Å². The minimum atomic E-state index is 0.00939. The molecule has 1 fully saturated rings. The molecule has 1 aliphatic rings. The van der Waals surface area contributed by atoms with Crippen molar-refractivity contribution in [1.29, 1.82) is 0 Å². The summed E-state index contributed by atoms with van der Waals surface area (Å²) in [5, 5.41) is 4.37. The lowest BCUT2D eigenvalue weighted by molar-refractivity contribution is 0.0951. The molecule has 1 aliphatic carbocycles. The Hall–Kier alpha value is -1.16. The molecule has 0 aliphatic heterocycles. The fraction of sp³-hybridized carbons (Fsp3) is 0.235. The fourth-order valence-corrected chi connectivity index (χ4v) is 3.48. The van der Waals surface area contributed by atoms with Crippen LogP contribution in [0.4, 0.5) is 0 Å². The van der Waals surface area contributed by atoms with E-state index in [-0.39, 0.29) is 5.91 Å². The fourth-order valence-electron chi connectivity index (χ4n) is 2.05. The predicted octanol–water partition coefficient (Wildman–Crippen LogP) is 5.18. The second kappa shape index (κ2) is 6.95. The van der Waals surface area contributed by atoms with Gasteiger partial charge >= 0.3 is 0 Å². The van der Waals surface area contributed by atoms with E-state index in [1.165, 1.54) is 0 Å². The summed E-state index contributed by atoms with van der Waals surface area (Å²) < 4.78 is 0. The van der Waals surface area contributed by atoms with Crippen molar-refractivity contribution in [3.63, 3.8) is 0 Å². The van der Waals surface area contributed by atoms with E-state index >= 15 is 0 Å². The summed E-state index contributed by atoms with van der Waals surface area (Å²) in [4.78, 5) is 13.0. The van der Waals surface area contributed by atoms with E-state index in [0.29, 0.717) is 21.7 Å². The van der Waals surface area contributed by atoms with Crippen molar-refractivity contribution < 1.29 is 4.79 Å². The molecule has 2 aromatic rings. The third-order valence-electron chi connectivity index (χ3n) is 3.39. The van der Waals surface area contributed by atoms with Gasteiger partial charge in [-0.25, -0.2) is 0 Å². The van der Waals surface area contributed by atoms with E-state index in [1.807, 2.05) is 30.3 Å². The molecule has 0 unspecified atom stereocenters. The van der Waals surface area contributed by atoms with Crippen LogP contribution in [-0.4, -0.2) is 11.9 Å². The molecular formula is C17H15Cl2NOS. The van der Waals surface area contributed by atoms with Gasteiger partial charge in [0.25, 0.3) is 5.91 Å². The molecule has 0 bridgehead atoms. The van der Waals surface area contributed by atoms with Crippen molar-refractivity contribution in [3.8, 4) is 0 Å². The number of hydrogen-bond donors (Lipinski definition) is 1. The Kier molecular flexibility index (Phi) is 4.97. The van der Waals surface area contributed by atoms with Gasteiger partial charge in [0.05, 0.1) is 5.02 Å². The van der Waals surface area contributed by atoms with Crippen LogP contribution in [-0.2, 0) is 5.75 Å². The van der Waals surface area contributed by atoms with Gasteiger partial charge in [-0.15, -0.1) is 11.8 Å². The van der Waals surface area contributed by atoms with Crippen LogP contribution in [0.3, 0.4) is 0 Å². The monoisotopic (exact) mass is 351 g/mol. The Morgan fingerprint density at radius 3 is 2.77 bits per heavy atom. The SMILES string of the molecule is O=C(NC1CC1)c1cccc(CSc2cc(Cl)ccc2Cl)c1. The van der Waals surface area contributed by atoms with Gasteiger partial charge in [0.1, 0.15) is 0 Å². The van der Waals surface area contributed by atoms with Gasteiger partial charge in [0.2, 0.25) is 0 Å². The average molecular weight is 352 g/mol. The van der Waals surface area contributed by atoms with Crippen molar-refractivity contribution in [3.05, 3.63) is 63.6 Å². The maximum Gasteiger partial charge on any atom is 0.251 e. The first-order valence-electron chi connectivity index (χ1n) is 7.09. The number of nitrogens with one attached hydrogen (secondary N) is 1. The number of amides is 1.